The molecule has 0 aliphatic carbocycles. The smallest absolute Gasteiger partial charge is 0.334 e. The molecule has 3 aliphatic heterocycles. The molecule has 0 aromatic heterocycles. The van der Waals surface area contributed by atoms with Crippen molar-refractivity contribution >= 4 is 17.9 Å². The van der Waals surface area contributed by atoms with E-state index in [1.54, 1.807) is 0 Å². The van der Waals surface area contributed by atoms with Crippen LogP contribution in [-0.4, -0.2) is 60.6 Å². The van der Waals surface area contributed by atoms with Crippen molar-refractivity contribution < 1.29 is 38.1 Å². The molecule has 2 fully saturated rings. The molecule has 3 rings (SSSR count). The lowest BCUT2D eigenvalue weighted by atomic mass is 10.00. The molecule has 0 unspecified atom stereocenters. The average molecular weight is 691 g/mol. The summed E-state index contributed by atoms with van der Waals surface area (Å²) in [6.07, 6.45) is 29.3. The van der Waals surface area contributed by atoms with Crippen LogP contribution in [0.5, 0.6) is 0 Å². The fraction of sp³-hybridized carbons (Fsp3) is 0.878. The van der Waals surface area contributed by atoms with Gasteiger partial charge >= 0.3 is 17.9 Å². The number of hydrogen-bond donors (Lipinski definition) is 0. The van der Waals surface area contributed by atoms with Gasteiger partial charge in [-0.1, -0.05) is 103 Å². The highest BCUT2D eigenvalue weighted by atomic mass is 16.6. The Balaban J connectivity index is 1.27. The number of carbonyl (C=O) groups is 3. The molecule has 49 heavy (non-hydrogen) atoms. The van der Waals surface area contributed by atoms with E-state index in [-0.39, 0.29) is 60.6 Å². The first kappa shape index (κ1) is 41.5. The van der Waals surface area contributed by atoms with Gasteiger partial charge in [0, 0.05) is 19.4 Å². The van der Waals surface area contributed by atoms with Crippen molar-refractivity contribution in [3.05, 3.63) is 11.6 Å². The Kier molecular flexibility index (Phi) is 20.6. The van der Waals surface area contributed by atoms with Gasteiger partial charge in [0.1, 0.15) is 18.3 Å². The van der Waals surface area contributed by atoms with Crippen LogP contribution in [-0.2, 0) is 38.1 Å². The van der Waals surface area contributed by atoms with Gasteiger partial charge in [-0.15, -0.1) is 0 Å². The second kappa shape index (κ2) is 24.3. The first-order valence-corrected chi connectivity index (χ1v) is 20.3. The molecule has 282 valence electrons. The van der Waals surface area contributed by atoms with Crippen LogP contribution in [0.15, 0.2) is 11.6 Å². The number of rotatable bonds is 27. The average Bonchev–Trinajstić information content (AvgIpc) is 3.81. The molecule has 0 N–H and O–H groups in total. The minimum atomic E-state index is -0.242. The molecule has 7 atom stereocenters. The molecule has 0 saturated carbocycles. The molecule has 0 aromatic rings. The van der Waals surface area contributed by atoms with Crippen LogP contribution >= 0.6 is 0 Å². The Morgan fingerprint density at radius 1 is 0.653 bits per heavy atom. The molecular weight excluding hydrogens is 620 g/mol. The van der Waals surface area contributed by atoms with E-state index >= 15 is 0 Å². The third-order valence-electron chi connectivity index (χ3n) is 10.6. The SMILES string of the molecule is CCCCCCCCCC[C@@H](OC(C)=O)[C@H]1CC[C@H]([C@H]2CC[C@H]([C@@H](CCCCCCCCCCCCC3=C[C@H](C)OC3=O)OC(C)=O)O2)O1. The summed E-state index contributed by atoms with van der Waals surface area (Å²) in [4.78, 5) is 35.6. The maximum Gasteiger partial charge on any atom is 0.334 e. The topological polar surface area (TPSA) is 97.4 Å². The molecule has 3 aliphatic rings. The van der Waals surface area contributed by atoms with Crippen molar-refractivity contribution in [1.29, 1.82) is 0 Å². The lowest BCUT2D eigenvalue weighted by Crippen LogP contribution is -2.35. The number of unbranched alkanes of at least 4 members (excludes halogenated alkanes) is 16. The number of cyclic esters (lactones) is 1. The second-order valence-corrected chi connectivity index (χ2v) is 15.0. The van der Waals surface area contributed by atoms with E-state index in [9.17, 15) is 14.4 Å². The largest absolute Gasteiger partial charge is 0.460 e. The zero-order valence-electron chi connectivity index (χ0n) is 31.6. The quantitative estimate of drug-likeness (QED) is 0.0477. The third-order valence-corrected chi connectivity index (χ3v) is 10.6. The van der Waals surface area contributed by atoms with Gasteiger partial charge in [-0.2, -0.15) is 0 Å². The van der Waals surface area contributed by atoms with E-state index in [0.29, 0.717) is 0 Å². The fourth-order valence-corrected chi connectivity index (χ4v) is 7.91. The standard InChI is InChI=1S/C41H70O8/c1-5-6-7-8-9-15-18-21-24-35(46-32(3)42)37-26-28-39(48-37)40-29-27-38(49-40)36(47-33(4)43)25-22-19-16-13-11-10-12-14-17-20-23-34-30-31(2)45-41(34)44/h30-31,35-40H,5-29H2,1-4H3/t31-,35+,36+,37+,38+,39+,40+/m0/s1. The van der Waals surface area contributed by atoms with Gasteiger partial charge in [0.15, 0.2) is 0 Å². The summed E-state index contributed by atoms with van der Waals surface area (Å²) in [7, 11) is 0. The van der Waals surface area contributed by atoms with E-state index in [1.165, 1.54) is 104 Å². The van der Waals surface area contributed by atoms with Gasteiger partial charge in [-0.3, -0.25) is 9.59 Å². The predicted molar refractivity (Wildman–Crippen MR) is 193 cm³/mol. The summed E-state index contributed by atoms with van der Waals surface area (Å²) < 4.78 is 29.7. The Bertz CT molecular complexity index is 979. The van der Waals surface area contributed by atoms with Gasteiger partial charge in [-0.05, 0) is 77.2 Å². The monoisotopic (exact) mass is 691 g/mol. The minimum absolute atomic E-state index is 0.00286. The third kappa shape index (κ3) is 16.8. The highest BCUT2D eigenvalue weighted by molar-refractivity contribution is 5.90. The first-order chi connectivity index (χ1) is 23.8. The molecule has 8 heteroatoms. The zero-order valence-corrected chi connectivity index (χ0v) is 31.6. The van der Waals surface area contributed by atoms with Crippen molar-refractivity contribution in [1.82, 2.24) is 0 Å². The summed E-state index contributed by atoms with van der Waals surface area (Å²) >= 11 is 0. The highest BCUT2D eigenvalue weighted by Crippen LogP contribution is 2.36. The Morgan fingerprint density at radius 3 is 1.45 bits per heavy atom. The van der Waals surface area contributed by atoms with E-state index < -0.39 is 0 Å². The zero-order chi connectivity index (χ0) is 35.3. The summed E-state index contributed by atoms with van der Waals surface area (Å²) in [5, 5.41) is 0. The molecule has 0 aromatic carbocycles. The Labute approximate surface area is 298 Å². The number of ether oxygens (including phenoxy) is 5. The van der Waals surface area contributed by atoms with Crippen molar-refractivity contribution in [2.45, 2.75) is 231 Å². The highest BCUT2D eigenvalue weighted by Gasteiger charge is 2.42. The molecule has 2 saturated heterocycles. The number of esters is 3. The molecule has 0 bridgehead atoms. The Hall–Kier alpha value is -1.93. The van der Waals surface area contributed by atoms with E-state index in [2.05, 4.69) is 6.92 Å². The van der Waals surface area contributed by atoms with E-state index in [4.69, 9.17) is 23.7 Å². The predicted octanol–water partition coefficient (Wildman–Crippen LogP) is 10.0. The molecule has 3 heterocycles. The van der Waals surface area contributed by atoms with Gasteiger partial charge in [0.05, 0.1) is 24.4 Å². The van der Waals surface area contributed by atoms with Crippen LogP contribution in [0.1, 0.15) is 188 Å². The lowest BCUT2D eigenvalue weighted by molar-refractivity contribution is -0.164. The molecule has 0 spiro atoms. The van der Waals surface area contributed by atoms with Crippen molar-refractivity contribution in [2.24, 2.45) is 0 Å². The summed E-state index contributed by atoms with van der Waals surface area (Å²) in [5.41, 5.74) is 0.856. The molecular formula is C41H70O8. The maximum absolute atomic E-state index is 12.0. The van der Waals surface area contributed by atoms with Crippen LogP contribution in [0.4, 0.5) is 0 Å². The van der Waals surface area contributed by atoms with Crippen LogP contribution in [0.3, 0.4) is 0 Å². The van der Waals surface area contributed by atoms with Crippen LogP contribution in [0, 0.1) is 0 Å². The summed E-state index contributed by atoms with van der Waals surface area (Å²) in [6, 6.07) is 0. The molecule has 0 radical (unpaired) electrons. The first-order valence-electron chi connectivity index (χ1n) is 20.3. The van der Waals surface area contributed by atoms with Crippen LogP contribution in [0.2, 0.25) is 0 Å². The minimum Gasteiger partial charge on any atom is -0.460 e. The summed E-state index contributed by atoms with van der Waals surface area (Å²) in [5.74, 6) is -0.605. The normalized spacial score (nSPS) is 24.9. The maximum atomic E-state index is 12.0. The van der Waals surface area contributed by atoms with Crippen molar-refractivity contribution in [3.63, 3.8) is 0 Å². The number of hydrogen-bond acceptors (Lipinski definition) is 8. The van der Waals surface area contributed by atoms with Gasteiger partial charge in [0.2, 0.25) is 0 Å². The van der Waals surface area contributed by atoms with Crippen LogP contribution < -0.4 is 0 Å². The molecule has 8 nitrogen and oxygen atoms in total. The van der Waals surface area contributed by atoms with Gasteiger partial charge in [-0.25, -0.2) is 4.79 Å². The lowest BCUT2D eigenvalue weighted by Gasteiger charge is -2.27. The Morgan fingerprint density at radius 2 is 1.06 bits per heavy atom. The van der Waals surface area contributed by atoms with Crippen molar-refractivity contribution in [3.8, 4) is 0 Å². The van der Waals surface area contributed by atoms with Gasteiger partial charge < -0.3 is 23.7 Å². The fourth-order valence-electron chi connectivity index (χ4n) is 7.91. The van der Waals surface area contributed by atoms with Gasteiger partial charge in [0.25, 0.3) is 0 Å². The molecule has 0 amide bonds. The van der Waals surface area contributed by atoms with Crippen molar-refractivity contribution in [2.75, 3.05) is 0 Å². The van der Waals surface area contributed by atoms with E-state index in [0.717, 1.165) is 76.2 Å². The summed E-state index contributed by atoms with van der Waals surface area (Å²) in [6.45, 7) is 7.14. The second-order valence-electron chi connectivity index (χ2n) is 15.0. The number of carbonyl (C=O) groups excluding carboxylic acids is 3. The van der Waals surface area contributed by atoms with E-state index in [1.807, 2.05) is 13.0 Å². The van der Waals surface area contributed by atoms with Crippen LogP contribution in [0.25, 0.3) is 0 Å².